The summed E-state index contributed by atoms with van der Waals surface area (Å²) in [6.45, 7) is 0.335. The summed E-state index contributed by atoms with van der Waals surface area (Å²) in [4.78, 5) is 13.5. The number of likely N-dealkylation sites (tertiary alicyclic amines) is 1. The molecule has 0 saturated carbocycles. The van der Waals surface area contributed by atoms with Crippen molar-refractivity contribution in [2.24, 2.45) is 0 Å². The number of hydrogen-bond acceptors (Lipinski definition) is 2. The summed E-state index contributed by atoms with van der Waals surface area (Å²) >= 11 is 5.95. The van der Waals surface area contributed by atoms with Gasteiger partial charge in [0.1, 0.15) is 6.17 Å². The number of alkyl halides is 1. The number of fused-ring (bicyclic) bond motifs is 1. The zero-order chi connectivity index (χ0) is 12.0. The maximum Gasteiger partial charge on any atom is 0.254 e. The Kier molecular flexibility index (Phi) is 2.33. The first-order chi connectivity index (χ1) is 8.16. The van der Waals surface area contributed by atoms with E-state index in [1.54, 1.807) is 18.2 Å². The van der Waals surface area contributed by atoms with Crippen LogP contribution in [-0.4, -0.2) is 30.1 Å². The maximum atomic E-state index is 12.7. The van der Waals surface area contributed by atoms with E-state index in [2.05, 4.69) is 0 Å². The van der Waals surface area contributed by atoms with E-state index < -0.39 is 6.17 Å². The molecule has 0 atom stereocenters. The molecule has 1 aromatic carbocycles. The lowest BCUT2D eigenvalue weighted by Gasteiger charge is -2.34. The Bertz CT molecular complexity index is 589. The lowest BCUT2D eigenvalue weighted by atomic mass is 10.1. The van der Waals surface area contributed by atoms with Crippen LogP contribution >= 0.6 is 11.6 Å². The molecule has 3 nitrogen and oxygen atoms in total. The molecule has 0 bridgehead atoms. The average molecular weight is 254 g/mol. The largest absolute Gasteiger partial charge is 0.463 e. The molecule has 2 aromatic rings. The van der Waals surface area contributed by atoms with Crippen LogP contribution < -0.4 is 0 Å². The van der Waals surface area contributed by atoms with Gasteiger partial charge in [-0.15, -0.1) is 0 Å². The van der Waals surface area contributed by atoms with Crippen LogP contribution in [0.2, 0.25) is 5.02 Å². The predicted octanol–water partition coefficient (Wildman–Crippen LogP) is 2.88. The van der Waals surface area contributed by atoms with Crippen LogP contribution in [-0.2, 0) is 0 Å². The van der Waals surface area contributed by atoms with Crippen LogP contribution in [0.5, 0.6) is 0 Å². The predicted molar refractivity (Wildman–Crippen MR) is 62.0 cm³/mol. The highest BCUT2D eigenvalue weighted by Gasteiger charge is 2.31. The molecule has 1 aromatic heterocycles. The molecule has 1 amide bonds. The molecule has 0 aliphatic carbocycles. The van der Waals surface area contributed by atoms with Gasteiger partial charge in [-0.1, -0.05) is 11.6 Å². The van der Waals surface area contributed by atoms with Crippen molar-refractivity contribution in [2.75, 3.05) is 13.1 Å². The van der Waals surface area contributed by atoms with Gasteiger partial charge in [-0.05, 0) is 18.2 Å². The molecule has 0 N–H and O–H groups in total. The molecule has 2 heterocycles. The zero-order valence-electron chi connectivity index (χ0n) is 8.82. The van der Waals surface area contributed by atoms with Crippen molar-refractivity contribution < 1.29 is 13.6 Å². The Morgan fingerprint density at radius 3 is 2.88 bits per heavy atom. The second kappa shape index (κ2) is 3.74. The Hall–Kier alpha value is -1.55. The van der Waals surface area contributed by atoms with Crippen LogP contribution in [0.25, 0.3) is 11.0 Å². The van der Waals surface area contributed by atoms with E-state index in [-0.39, 0.29) is 19.0 Å². The van der Waals surface area contributed by atoms with Crippen LogP contribution in [0.3, 0.4) is 0 Å². The molecular formula is C12H9ClFNO2. The minimum Gasteiger partial charge on any atom is -0.463 e. The second-order valence-electron chi connectivity index (χ2n) is 4.07. The van der Waals surface area contributed by atoms with E-state index in [1.165, 1.54) is 11.2 Å². The average Bonchev–Trinajstić information content (AvgIpc) is 2.74. The fourth-order valence-corrected chi connectivity index (χ4v) is 2.19. The van der Waals surface area contributed by atoms with E-state index in [1.807, 2.05) is 0 Å². The molecule has 3 rings (SSSR count). The molecule has 5 heteroatoms. The van der Waals surface area contributed by atoms with Gasteiger partial charge in [0.25, 0.3) is 5.91 Å². The van der Waals surface area contributed by atoms with Crippen LogP contribution in [0, 0.1) is 0 Å². The number of benzene rings is 1. The van der Waals surface area contributed by atoms with Crippen molar-refractivity contribution in [3.05, 3.63) is 35.0 Å². The Labute approximate surface area is 102 Å². The van der Waals surface area contributed by atoms with Crippen molar-refractivity contribution >= 4 is 28.5 Å². The SMILES string of the molecule is O=C(c1ccc(Cl)c2occc12)N1CC(F)C1. The van der Waals surface area contributed by atoms with Crippen molar-refractivity contribution in [2.45, 2.75) is 6.17 Å². The summed E-state index contributed by atoms with van der Waals surface area (Å²) in [5.74, 6) is -0.179. The quantitative estimate of drug-likeness (QED) is 0.783. The first-order valence-corrected chi connectivity index (χ1v) is 5.63. The van der Waals surface area contributed by atoms with Gasteiger partial charge in [0.15, 0.2) is 5.58 Å². The summed E-state index contributed by atoms with van der Waals surface area (Å²) in [5, 5.41) is 1.14. The van der Waals surface area contributed by atoms with Crippen molar-refractivity contribution in [1.29, 1.82) is 0 Å². The first-order valence-electron chi connectivity index (χ1n) is 5.26. The number of halogens is 2. The summed E-state index contributed by atoms with van der Waals surface area (Å²) in [5.41, 5.74) is 1.000. The molecule has 0 unspecified atom stereocenters. The highest BCUT2D eigenvalue weighted by molar-refractivity contribution is 6.35. The van der Waals surface area contributed by atoms with Gasteiger partial charge >= 0.3 is 0 Å². The van der Waals surface area contributed by atoms with E-state index in [0.29, 0.717) is 21.6 Å². The third-order valence-corrected chi connectivity index (χ3v) is 3.22. The van der Waals surface area contributed by atoms with Crippen molar-refractivity contribution in [3.8, 4) is 0 Å². The third-order valence-electron chi connectivity index (χ3n) is 2.92. The Balaban J connectivity index is 2.03. The number of nitrogens with zero attached hydrogens (tertiary/aromatic N) is 1. The number of amides is 1. The summed E-state index contributed by atoms with van der Waals surface area (Å²) < 4.78 is 17.9. The van der Waals surface area contributed by atoms with Crippen molar-refractivity contribution in [1.82, 2.24) is 4.90 Å². The van der Waals surface area contributed by atoms with Gasteiger partial charge < -0.3 is 9.32 Å². The van der Waals surface area contributed by atoms with Gasteiger partial charge in [0, 0.05) is 5.39 Å². The third kappa shape index (κ3) is 1.60. The standard InChI is InChI=1S/C12H9ClFNO2/c13-10-2-1-9(8-3-4-17-11(8)10)12(16)15-5-7(14)6-15/h1-4,7H,5-6H2. The number of carbonyl (C=O) groups excluding carboxylic acids is 1. The zero-order valence-corrected chi connectivity index (χ0v) is 9.58. The molecule has 0 radical (unpaired) electrons. The van der Waals surface area contributed by atoms with Crippen LogP contribution in [0.15, 0.2) is 28.9 Å². The minimum atomic E-state index is -0.897. The number of hydrogen-bond donors (Lipinski definition) is 0. The molecule has 17 heavy (non-hydrogen) atoms. The van der Waals surface area contributed by atoms with E-state index in [9.17, 15) is 9.18 Å². The van der Waals surface area contributed by atoms with E-state index in [0.717, 1.165) is 0 Å². The van der Waals surface area contributed by atoms with E-state index >= 15 is 0 Å². The highest BCUT2D eigenvalue weighted by atomic mass is 35.5. The molecule has 1 aliphatic heterocycles. The first kappa shape index (κ1) is 10.6. The smallest absolute Gasteiger partial charge is 0.254 e. The Morgan fingerprint density at radius 1 is 1.41 bits per heavy atom. The fourth-order valence-electron chi connectivity index (χ4n) is 1.98. The lowest BCUT2D eigenvalue weighted by molar-refractivity contribution is 0.0402. The molecule has 0 spiro atoms. The van der Waals surface area contributed by atoms with Gasteiger partial charge in [-0.25, -0.2) is 4.39 Å². The fraction of sp³-hybridized carbons (Fsp3) is 0.250. The second-order valence-corrected chi connectivity index (χ2v) is 4.47. The minimum absolute atomic E-state index is 0.167. The molecule has 1 aliphatic rings. The number of carbonyl (C=O) groups is 1. The summed E-state index contributed by atoms with van der Waals surface area (Å²) in [6.07, 6.45) is 0.590. The van der Waals surface area contributed by atoms with Gasteiger partial charge in [-0.2, -0.15) is 0 Å². The molecular weight excluding hydrogens is 245 g/mol. The van der Waals surface area contributed by atoms with Crippen LogP contribution in [0.4, 0.5) is 4.39 Å². The van der Waals surface area contributed by atoms with Crippen LogP contribution in [0.1, 0.15) is 10.4 Å². The normalized spacial score (nSPS) is 16.2. The van der Waals surface area contributed by atoms with Gasteiger partial charge in [0.2, 0.25) is 0 Å². The summed E-state index contributed by atoms with van der Waals surface area (Å²) in [7, 11) is 0. The number of furan rings is 1. The summed E-state index contributed by atoms with van der Waals surface area (Å²) in [6, 6.07) is 4.96. The number of rotatable bonds is 1. The van der Waals surface area contributed by atoms with E-state index in [4.69, 9.17) is 16.0 Å². The molecule has 1 saturated heterocycles. The maximum absolute atomic E-state index is 12.7. The van der Waals surface area contributed by atoms with Crippen molar-refractivity contribution in [3.63, 3.8) is 0 Å². The van der Waals surface area contributed by atoms with Gasteiger partial charge in [-0.3, -0.25) is 4.79 Å². The lowest BCUT2D eigenvalue weighted by Crippen LogP contribution is -2.51. The molecule has 1 fully saturated rings. The van der Waals surface area contributed by atoms with Gasteiger partial charge in [0.05, 0.1) is 29.9 Å². The monoisotopic (exact) mass is 253 g/mol. The Morgan fingerprint density at radius 2 is 2.18 bits per heavy atom. The topological polar surface area (TPSA) is 33.5 Å². The molecule has 88 valence electrons. The highest BCUT2D eigenvalue weighted by Crippen LogP contribution is 2.29.